The normalized spacial score (nSPS) is 10.4. The van der Waals surface area contributed by atoms with Gasteiger partial charge in [0.1, 0.15) is 5.00 Å². The van der Waals surface area contributed by atoms with Gasteiger partial charge >= 0.3 is 12.1 Å². The van der Waals surface area contributed by atoms with Crippen molar-refractivity contribution in [1.82, 2.24) is 0 Å². The fraction of sp³-hybridized carbons (Fsp3) is 0.538. The summed E-state index contributed by atoms with van der Waals surface area (Å²) in [4.78, 5) is 24.4. The number of ether oxygens (including phenoxy) is 2. The van der Waals surface area contributed by atoms with E-state index in [-0.39, 0.29) is 6.10 Å². The Morgan fingerprint density at radius 2 is 2.00 bits per heavy atom. The topological polar surface area (TPSA) is 64.6 Å². The summed E-state index contributed by atoms with van der Waals surface area (Å²) in [5, 5.41) is 3.04. The van der Waals surface area contributed by atoms with Crippen LogP contribution in [0.4, 0.5) is 9.80 Å². The first kappa shape index (κ1) is 15.5. The van der Waals surface area contributed by atoms with Crippen molar-refractivity contribution < 1.29 is 19.1 Å². The summed E-state index contributed by atoms with van der Waals surface area (Å²) in [5.74, 6) is -0.414. The lowest BCUT2D eigenvalue weighted by Gasteiger charge is -2.10. The molecule has 0 aliphatic heterocycles. The molecule has 1 rings (SSSR count). The van der Waals surface area contributed by atoms with Gasteiger partial charge in [0.05, 0.1) is 18.8 Å². The maximum Gasteiger partial charge on any atom is 0.411 e. The van der Waals surface area contributed by atoms with Gasteiger partial charge in [0, 0.05) is 4.88 Å². The molecule has 19 heavy (non-hydrogen) atoms. The van der Waals surface area contributed by atoms with Crippen molar-refractivity contribution in [2.45, 2.75) is 40.2 Å². The van der Waals surface area contributed by atoms with Crippen molar-refractivity contribution in [2.75, 3.05) is 12.4 Å². The van der Waals surface area contributed by atoms with Crippen molar-refractivity contribution in [2.24, 2.45) is 0 Å². The molecule has 0 saturated heterocycles. The Hall–Kier alpha value is -1.56. The number of aryl methyl sites for hydroxylation is 1. The van der Waals surface area contributed by atoms with E-state index in [2.05, 4.69) is 10.1 Å². The molecule has 1 aromatic rings. The molecule has 1 heterocycles. The van der Waals surface area contributed by atoms with Crippen molar-refractivity contribution in [3.05, 3.63) is 16.0 Å². The Morgan fingerprint density at radius 1 is 1.37 bits per heavy atom. The molecule has 0 aliphatic rings. The van der Waals surface area contributed by atoms with Gasteiger partial charge in [-0.3, -0.25) is 5.32 Å². The van der Waals surface area contributed by atoms with Crippen LogP contribution in [0.1, 0.15) is 41.6 Å². The van der Waals surface area contributed by atoms with E-state index in [1.54, 1.807) is 13.8 Å². The molecule has 0 bridgehead atoms. The van der Waals surface area contributed by atoms with E-state index in [1.807, 2.05) is 13.8 Å². The third-order valence-corrected chi connectivity index (χ3v) is 3.57. The van der Waals surface area contributed by atoms with Crippen LogP contribution in [0.2, 0.25) is 0 Å². The molecule has 0 aromatic carbocycles. The first-order chi connectivity index (χ1) is 8.90. The van der Waals surface area contributed by atoms with E-state index in [0.29, 0.717) is 17.0 Å². The summed E-state index contributed by atoms with van der Waals surface area (Å²) in [6.45, 7) is 7.45. The molecule has 6 heteroatoms. The second-order valence-corrected chi connectivity index (χ2v) is 5.49. The van der Waals surface area contributed by atoms with Crippen LogP contribution in [0.15, 0.2) is 0 Å². The fourth-order valence-corrected chi connectivity index (χ4v) is 2.84. The minimum atomic E-state index is -0.595. The van der Waals surface area contributed by atoms with Crippen LogP contribution in [0.3, 0.4) is 0 Å². The fourth-order valence-electron chi connectivity index (χ4n) is 1.73. The Bertz CT molecular complexity index is 479. The molecule has 0 aliphatic carbocycles. The zero-order chi connectivity index (χ0) is 14.6. The number of amides is 1. The van der Waals surface area contributed by atoms with Crippen molar-refractivity contribution >= 4 is 28.4 Å². The van der Waals surface area contributed by atoms with Crippen molar-refractivity contribution in [3.63, 3.8) is 0 Å². The zero-order valence-electron chi connectivity index (χ0n) is 11.8. The molecule has 5 nitrogen and oxygen atoms in total. The first-order valence-electron chi connectivity index (χ1n) is 6.08. The molecule has 1 amide bonds. The van der Waals surface area contributed by atoms with E-state index in [1.165, 1.54) is 18.4 Å². The van der Waals surface area contributed by atoms with Crippen LogP contribution >= 0.6 is 11.3 Å². The van der Waals surface area contributed by atoms with Crippen LogP contribution in [0.25, 0.3) is 0 Å². The number of esters is 1. The Labute approximate surface area is 116 Å². The molecule has 0 saturated carbocycles. The summed E-state index contributed by atoms with van der Waals surface area (Å²) in [7, 11) is 1.28. The largest absolute Gasteiger partial charge is 0.459 e. The monoisotopic (exact) mass is 285 g/mol. The summed E-state index contributed by atoms with van der Waals surface area (Å²) >= 11 is 1.35. The van der Waals surface area contributed by atoms with E-state index < -0.39 is 12.1 Å². The van der Waals surface area contributed by atoms with Gasteiger partial charge in [-0.2, -0.15) is 0 Å². The molecule has 106 valence electrons. The molecular weight excluding hydrogens is 266 g/mol. The quantitative estimate of drug-likeness (QED) is 0.861. The van der Waals surface area contributed by atoms with E-state index in [9.17, 15) is 9.59 Å². The number of methoxy groups -OCH3 is 1. The van der Waals surface area contributed by atoms with Gasteiger partial charge in [0.15, 0.2) is 0 Å². The third kappa shape index (κ3) is 3.70. The molecular formula is C13H19NO4S. The first-order valence-corrected chi connectivity index (χ1v) is 6.90. The van der Waals surface area contributed by atoms with Crippen LogP contribution in [-0.4, -0.2) is 25.3 Å². The number of carbonyl (C=O) groups is 2. The van der Waals surface area contributed by atoms with E-state index >= 15 is 0 Å². The SMILES string of the molecule is CCc1c(C)sc(NC(=O)OC)c1C(=O)OC(C)C. The molecule has 0 atom stereocenters. The Morgan fingerprint density at radius 3 is 2.47 bits per heavy atom. The van der Waals surface area contributed by atoms with Gasteiger partial charge in [-0.1, -0.05) is 6.92 Å². The van der Waals surface area contributed by atoms with Crippen molar-refractivity contribution in [3.8, 4) is 0 Å². The van der Waals surface area contributed by atoms with E-state index in [0.717, 1.165) is 10.4 Å². The zero-order valence-corrected chi connectivity index (χ0v) is 12.6. The number of hydrogen-bond acceptors (Lipinski definition) is 5. The van der Waals surface area contributed by atoms with Gasteiger partial charge < -0.3 is 9.47 Å². The van der Waals surface area contributed by atoms with Crippen LogP contribution in [-0.2, 0) is 15.9 Å². The lowest BCUT2D eigenvalue weighted by atomic mass is 10.1. The highest BCUT2D eigenvalue weighted by atomic mass is 32.1. The molecule has 0 radical (unpaired) electrons. The number of anilines is 1. The number of carbonyl (C=O) groups excluding carboxylic acids is 2. The van der Waals surface area contributed by atoms with Gasteiger partial charge in [0.2, 0.25) is 0 Å². The minimum Gasteiger partial charge on any atom is -0.459 e. The Balaban J connectivity index is 3.16. The maximum absolute atomic E-state index is 12.1. The van der Waals surface area contributed by atoms with Gasteiger partial charge in [-0.15, -0.1) is 11.3 Å². The predicted octanol–water partition coefficient (Wildman–Crippen LogP) is 3.36. The lowest BCUT2D eigenvalue weighted by Crippen LogP contribution is -2.17. The maximum atomic E-state index is 12.1. The molecule has 1 N–H and O–H groups in total. The Kier molecular flexibility index (Phi) is 5.35. The summed E-state index contributed by atoms with van der Waals surface area (Å²) in [6.07, 6.45) is -0.0980. The average molecular weight is 285 g/mol. The van der Waals surface area contributed by atoms with Crippen LogP contribution < -0.4 is 5.32 Å². The van der Waals surface area contributed by atoms with Gasteiger partial charge in [-0.05, 0) is 32.8 Å². The van der Waals surface area contributed by atoms with Crippen LogP contribution in [0.5, 0.6) is 0 Å². The molecule has 1 aromatic heterocycles. The smallest absolute Gasteiger partial charge is 0.411 e. The van der Waals surface area contributed by atoms with Crippen molar-refractivity contribution in [1.29, 1.82) is 0 Å². The number of nitrogens with one attached hydrogen (secondary N) is 1. The lowest BCUT2D eigenvalue weighted by molar-refractivity contribution is 0.0378. The summed E-state index contributed by atoms with van der Waals surface area (Å²) in [5.41, 5.74) is 1.34. The van der Waals surface area contributed by atoms with Gasteiger partial charge in [-0.25, -0.2) is 9.59 Å². The molecule has 0 fully saturated rings. The second kappa shape index (κ2) is 6.56. The second-order valence-electron chi connectivity index (χ2n) is 4.27. The third-order valence-electron chi connectivity index (χ3n) is 2.51. The summed E-state index contributed by atoms with van der Waals surface area (Å²) in [6, 6.07) is 0. The summed E-state index contributed by atoms with van der Waals surface area (Å²) < 4.78 is 9.78. The van der Waals surface area contributed by atoms with Crippen LogP contribution in [0, 0.1) is 6.92 Å². The number of thiophene rings is 1. The number of hydrogen-bond donors (Lipinski definition) is 1. The number of rotatable bonds is 4. The van der Waals surface area contributed by atoms with Gasteiger partial charge in [0.25, 0.3) is 0 Å². The predicted molar refractivity (Wildman–Crippen MR) is 75.0 cm³/mol. The standard InChI is InChI=1S/C13H19NO4S/c1-6-9-8(4)19-11(14-13(16)17-5)10(9)12(15)18-7(2)3/h7H,6H2,1-5H3,(H,14,16). The highest BCUT2D eigenvalue weighted by Gasteiger charge is 2.24. The molecule has 0 spiro atoms. The van der Waals surface area contributed by atoms with E-state index in [4.69, 9.17) is 4.74 Å². The average Bonchev–Trinajstić information content (AvgIpc) is 2.63. The highest BCUT2D eigenvalue weighted by molar-refractivity contribution is 7.16. The minimum absolute atomic E-state index is 0.205. The highest BCUT2D eigenvalue weighted by Crippen LogP contribution is 2.34. The molecule has 0 unspecified atom stereocenters.